The molecule has 1 aromatic rings. The third-order valence-corrected chi connectivity index (χ3v) is 3.23. The molecular weight excluding hydrogens is 252 g/mol. The molecule has 2 atom stereocenters. The minimum Gasteiger partial charge on any atom is -0.391 e. The van der Waals surface area contributed by atoms with Crippen LogP contribution in [0.3, 0.4) is 0 Å². The maximum absolute atomic E-state index is 13.5. The fraction of sp³-hybridized carbons (Fsp3) is 0.455. The van der Waals surface area contributed by atoms with Crippen LogP contribution in [-0.4, -0.2) is 11.2 Å². The molecule has 0 amide bonds. The summed E-state index contributed by atoms with van der Waals surface area (Å²) in [6.45, 7) is 1.91. The molecule has 0 unspecified atom stereocenters. The smallest absolute Gasteiger partial charge is 0.129 e. The Hall–Kier alpha value is -0.350. The highest BCUT2D eigenvalue weighted by atomic mass is 35.5. The van der Waals surface area contributed by atoms with Crippen molar-refractivity contribution in [2.75, 3.05) is 0 Å². The summed E-state index contributed by atoms with van der Waals surface area (Å²) in [6, 6.07) is 1.70. The largest absolute Gasteiger partial charge is 0.391 e. The van der Waals surface area contributed by atoms with Gasteiger partial charge in [-0.05, 0) is 18.6 Å². The van der Waals surface area contributed by atoms with Gasteiger partial charge in [-0.3, -0.25) is 0 Å². The van der Waals surface area contributed by atoms with E-state index in [0.29, 0.717) is 6.42 Å². The predicted molar refractivity (Wildman–Crippen MR) is 64.3 cm³/mol. The Labute approximate surface area is 104 Å². The number of benzene rings is 1. The number of nitrogens with two attached hydrogens (primary N) is 1. The molecule has 0 saturated carbocycles. The van der Waals surface area contributed by atoms with Crippen molar-refractivity contribution in [3.05, 3.63) is 33.6 Å². The zero-order valence-electron chi connectivity index (χ0n) is 8.88. The number of rotatable bonds is 4. The first kappa shape index (κ1) is 13.7. The lowest BCUT2D eigenvalue weighted by molar-refractivity contribution is 0.133. The lowest BCUT2D eigenvalue weighted by atomic mass is 9.98. The van der Waals surface area contributed by atoms with Crippen LogP contribution in [0.5, 0.6) is 0 Å². The summed E-state index contributed by atoms with van der Waals surface area (Å²) < 4.78 is 13.5. The van der Waals surface area contributed by atoms with Gasteiger partial charge in [0.1, 0.15) is 5.82 Å². The number of aliphatic hydroxyl groups excluding tert-OH is 1. The summed E-state index contributed by atoms with van der Waals surface area (Å²) in [5, 5.41) is 10.0. The number of hydrogen-bond donors (Lipinski definition) is 2. The summed E-state index contributed by atoms with van der Waals surface area (Å²) in [4.78, 5) is 0. The molecule has 90 valence electrons. The molecule has 0 aliphatic rings. The Kier molecular flexibility index (Phi) is 4.99. The van der Waals surface area contributed by atoms with E-state index >= 15 is 0 Å². The first-order chi connectivity index (χ1) is 7.49. The van der Waals surface area contributed by atoms with Gasteiger partial charge in [0.2, 0.25) is 0 Å². The molecule has 0 aliphatic heterocycles. The van der Waals surface area contributed by atoms with Crippen molar-refractivity contribution in [2.24, 2.45) is 5.73 Å². The van der Waals surface area contributed by atoms with Crippen molar-refractivity contribution in [2.45, 2.75) is 31.9 Å². The molecule has 16 heavy (non-hydrogen) atoms. The van der Waals surface area contributed by atoms with E-state index in [-0.39, 0.29) is 15.6 Å². The highest BCUT2D eigenvalue weighted by Gasteiger charge is 2.23. The first-order valence-electron chi connectivity index (χ1n) is 5.06. The fourth-order valence-corrected chi connectivity index (χ4v) is 1.96. The second-order valence-electron chi connectivity index (χ2n) is 3.64. The lowest BCUT2D eigenvalue weighted by Crippen LogP contribution is -2.27. The van der Waals surface area contributed by atoms with E-state index in [0.717, 1.165) is 6.42 Å². The second-order valence-corrected chi connectivity index (χ2v) is 4.42. The molecular formula is C11H14Cl2FNO. The number of halogens is 3. The van der Waals surface area contributed by atoms with Crippen molar-refractivity contribution in [1.82, 2.24) is 0 Å². The molecule has 0 aliphatic carbocycles. The molecule has 0 bridgehead atoms. The van der Waals surface area contributed by atoms with Crippen molar-refractivity contribution < 1.29 is 9.50 Å². The van der Waals surface area contributed by atoms with E-state index in [4.69, 9.17) is 28.9 Å². The monoisotopic (exact) mass is 265 g/mol. The van der Waals surface area contributed by atoms with E-state index < -0.39 is 18.0 Å². The van der Waals surface area contributed by atoms with Gasteiger partial charge < -0.3 is 10.8 Å². The van der Waals surface area contributed by atoms with Crippen LogP contribution in [0.2, 0.25) is 10.0 Å². The van der Waals surface area contributed by atoms with Crippen molar-refractivity contribution in [1.29, 1.82) is 0 Å². The molecule has 3 N–H and O–H groups in total. The van der Waals surface area contributed by atoms with Crippen LogP contribution in [-0.2, 0) is 0 Å². The van der Waals surface area contributed by atoms with E-state index in [1.165, 1.54) is 12.1 Å². The third kappa shape index (κ3) is 2.86. The summed E-state index contributed by atoms with van der Waals surface area (Å²) in [6.07, 6.45) is 0.424. The summed E-state index contributed by atoms with van der Waals surface area (Å²) in [5.41, 5.74) is 5.84. The highest BCUT2D eigenvalue weighted by molar-refractivity contribution is 6.42. The zero-order valence-corrected chi connectivity index (χ0v) is 10.4. The summed E-state index contributed by atoms with van der Waals surface area (Å²) in [7, 11) is 0. The third-order valence-electron chi connectivity index (χ3n) is 2.41. The molecule has 0 radical (unpaired) electrons. The maximum atomic E-state index is 13.5. The Morgan fingerprint density at radius 2 is 2.06 bits per heavy atom. The standard InChI is InChI=1S/C11H14Cl2FNO/c1-2-3-8(16)11(15)9-7(14)5-4-6(12)10(9)13/h4-5,8,11,16H,2-3,15H2,1H3/t8-,11-/m1/s1. The second kappa shape index (κ2) is 5.82. The molecule has 0 saturated heterocycles. The Morgan fingerprint density at radius 3 is 2.62 bits per heavy atom. The quantitative estimate of drug-likeness (QED) is 0.821. The van der Waals surface area contributed by atoms with Gasteiger partial charge in [-0.15, -0.1) is 0 Å². The molecule has 0 spiro atoms. The molecule has 1 rings (SSSR count). The van der Waals surface area contributed by atoms with Crippen molar-refractivity contribution in [3.63, 3.8) is 0 Å². The molecule has 0 fully saturated rings. The van der Waals surface area contributed by atoms with Gasteiger partial charge in [-0.2, -0.15) is 0 Å². The van der Waals surface area contributed by atoms with Crippen molar-refractivity contribution >= 4 is 23.2 Å². The van der Waals surface area contributed by atoms with Gasteiger partial charge >= 0.3 is 0 Å². The van der Waals surface area contributed by atoms with Gasteiger partial charge in [0.25, 0.3) is 0 Å². The van der Waals surface area contributed by atoms with Crippen LogP contribution in [0, 0.1) is 5.82 Å². The SMILES string of the molecule is CCC[C@@H](O)[C@@H](N)c1c(F)ccc(Cl)c1Cl. The number of hydrogen-bond acceptors (Lipinski definition) is 2. The fourth-order valence-electron chi connectivity index (χ4n) is 1.52. The molecule has 5 heteroatoms. The average molecular weight is 266 g/mol. The van der Waals surface area contributed by atoms with Crippen LogP contribution in [0.1, 0.15) is 31.4 Å². The lowest BCUT2D eigenvalue weighted by Gasteiger charge is -2.20. The van der Waals surface area contributed by atoms with Crippen LogP contribution in [0.25, 0.3) is 0 Å². The van der Waals surface area contributed by atoms with Gasteiger partial charge in [0.15, 0.2) is 0 Å². The van der Waals surface area contributed by atoms with Gasteiger partial charge in [-0.25, -0.2) is 4.39 Å². The van der Waals surface area contributed by atoms with Gasteiger partial charge in [0, 0.05) is 5.56 Å². The molecule has 0 heterocycles. The summed E-state index contributed by atoms with van der Waals surface area (Å²) in [5.74, 6) is -0.544. The van der Waals surface area contributed by atoms with Crippen LogP contribution >= 0.6 is 23.2 Å². The Morgan fingerprint density at radius 1 is 1.44 bits per heavy atom. The Bertz CT molecular complexity index is 373. The van der Waals surface area contributed by atoms with Gasteiger partial charge in [-0.1, -0.05) is 36.5 Å². The van der Waals surface area contributed by atoms with Crippen molar-refractivity contribution in [3.8, 4) is 0 Å². The van der Waals surface area contributed by atoms with E-state index in [9.17, 15) is 9.50 Å². The molecule has 1 aromatic carbocycles. The van der Waals surface area contributed by atoms with Gasteiger partial charge in [0.05, 0.1) is 22.2 Å². The summed E-state index contributed by atoms with van der Waals surface area (Å²) >= 11 is 11.7. The van der Waals surface area contributed by atoms with E-state index in [2.05, 4.69) is 0 Å². The zero-order chi connectivity index (χ0) is 12.3. The minimum absolute atomic E-state index is 0.0734. The maximum Gasteiger partial charge on any atom is 0.129 e. The van der Waals surface area contributed by atoms with Crippen LogP contribution in [0.4, 0.5) is 4.39 Å². The molecule has 2 nitrogen and oxygen atoms in total. The normalized spacial score (nSPS) is 14.9. The molecule has 0 aromatic heterocycles. The first-order valence-corrected chi connectivity index (χ1v) is 5.81. The van der Waals surface area contributed by atoms with Crippen LogP contribution < -0.4 is 5.73 Å². The Balaban J connectivity index is 3.07. The topological polar surface area (TPSA) is 46.2 Å². The van der Waals surface area contributed by atoms with Crippen LogP contribution in [0.15, 0.2) is 12.1 Å². The average Bonchev–Trinajstić information content (AvgIpc) is 2.24. The number of aliphatic hydroxyl groups is 1. The predicted octanol–water partition coefficient (Wildman–Crippen LogP) is 3.29. The minimum atomic E-state index is -0.855. The van der Waals surface area contributed by atoms with E-state index in [1.807, 2.05) is 6.92 Å². The van der Waals surface area contributed by atoms with E-state index in [1.54, 1.807) is 0 Å². The highest BCUT2D eigenvalue weighted by Crippen LogP contribution is 2.33.